The SMILES string of the molecule is O=C(CBr)C1=CCc2ncccc21. The highest BCUT2D eigenvalue weighted by Gasteiger charge is 2.19. The molecule has 0 spiro atoms. The van der Waals surface area contributed by atoms with Gasteiger partial charge in [0.15, 0.2) is 5.78 Å². The molecule has 2 nitrogen and oxygen atoms in total. The van der Waals surface area contributed by atoms with E-state index in [4.69, 9.17) is 0 Å². The maximum Gasteiger partial charge on any atom is 0.173 e. The number of ketones is 1. The van der Waals surface area contributed by atoms with Crippen molar-refractivity contribution < 1.29 is 4.79 Å². The van der Waals surface area contributed by atoms with Crippen molar-refractivity contribution in [3.8, 4) is 0 Å². The van der Waals surface area contributed by atoms with Crippen molar-refractivity contribution in [1.29, 1.82) is 0 Å². The van der Waals surface area contributed by atoms with Crippen molar-refractivity contribution >= 4 is 27.3 Å². The predicted octanol–water partition coefficient (Wildman–Crippen LogP) is 1.99. The van der Waals surface area contributed by atoms with Gasteiger partial charge in [0.25, 0.3) is 0 Å². The van der Waals surface area contributed by atoms with Crippen LogP contribution in [0, 0.1) is 0 Å². The second-order valence-corrected chi connectivity index (χ2v) is 3.44. The van der Waals surface area contributed by atoms with Gasteiger partial charge < -0.3 is 0 Å². The number of fused-ring (bicyclic) bond motifs is 1. The Morgan fingerprint density at radius 3 is 3.23 bits per heavy atom. The number of hydrogen-bond acceptors (Lipinski definition) is 2. The van der Waals surface area contributed by atoms with Gasteiger partial charge in [0.2, 0.25) is 0 Å². The lowest BCUT2D eigenvalue weighted by Gasteiger charge is -2.00. The second kappa shape index (κ2) is 3.42. The van der Waals surface area contributed by atoms with Crippen molar-refractivity contribution in [3.63, 3.8) is 0 Å². The quantitative estimate of drug-likeness (QED) is 0.737. The summed E-state index contributed by atoms with van der Waals surface area (Å²) in [5.74, 6) is 0.131. The van der Waals surface area contributed by atoms with Gasteiger partial charge in [-0.25, -0.2) is 0 Å². The number of pyridine rings is 1. The zero-order valence-corrected chi connectivity index (χ0v) is 8.54. The fourth-order valence-corrected chi connectivity index (χ4v) is 1.79. The van der Waals surface area contributed by atoms with Crippen LogP contribution in [0.1, 0.15) is 11.3 Å². The maximum atomic E-state index is 11.4. The molecular formula is C10H8BrNO. The molecule has 0 bridgehead atoms. The van der Waals surface area contributed by atoms with Gasteiger partial charge in [0.1, 0.15) is 0 Å². The highest BCUT2D eigenvalue weighted by atomic mass is 79.9. The van der Waals surface area contributed by atoms with Crippen LogP contribution in [0.15, 0.2) is 24.4 Å². The lowest BCUT2D eigenvalue weighted by molar-refractivity contribution is -0.111. The Morgan fingerprint density at radius 1 is 1.62 bits per heavy atom. The Bertz CT molecular complexity index is 384. The van der Waals surface area contributed by atoms with Crippen LogP contribution >= 0.6 is 15.9 Å². The van der Waals surface area contributed by atoms with Gasteiger partial charge in [0.05, 0.1) is 11.0 Å². The molecule has 1 aliphatic rings. The molecule has 0 aliphatic heterocycles. The second-order valence-electron chi connectivity index (χ2n) is 2.88. The van der Waals surface area contributed by atoms with E-state index in [9.17, 15) is 4.79 Å². The summed E-state index contributed by atoms with van der Waals surface area (Å²) in [5.41, 5.74) is 2.80. The average molecular weight is 238 g/mol. The van der Waals surface area contributed by atoms with Gasteiger partial charge in [0, 0.05) is 23.8 Å². The van der Waals surface area contributed by atoms with E-state index in [-0.39, 0.29) is 5.78 Å². The summed E-state index contributed by atoms with van der Waals surface area (Å²) in [5, 5.41) is 0.382. The third-order valence-corrected chi connectivity index (χ3v) is 2.61. The molecule has 1 heterocycles. The van der Waals surface area contributed by atoms with Crippen molar-refractivity contribution in [2.75, 3.05) is 5.33 Å². The number of aromatic nitrogens is 1. The van der Waals surface area contributed by atoms with Gasteiger partial charge in [-0.1, -0.05) is 28.1 Å². The Balaban J connectivity index is 2.41. The number of hydrogen-bond donors (Lipinski definition) is 0. The molecule has 0 amide bonds. The summed E-state index contributed by atoms with van der Waals surface area (Å²) < 4.78 is 0. The van der Waals surface area contributed by atoms with Crippen LogP contribution in [0.25, 0.3) is 5.57 Å². The Labute approximate surface area is 84.8 Å². The first-order valence-corrected chi connectivity index (χ1v) is 5.18. The van der Waals surface area contributed by atoms with Crippen molar-refractivity contribution in [2.45, 2.75) is 6.42 Å². The van der Waals surface area contributed by atoms with E-state index < -0.39 is 0 Å². The molecule has 66 valence electrons. The van der Waals surface area contributed by atoms with Gasteiger partial charge in [-0.15, -0.1) is 0 Å². The first-order valence-electron chi connectivity index (χ1n) is 4.06. The molecule has 0 atom stereocenters. The number of alkyl halides is 1. The largest absolute Gasteiger partial charge is 0.293 e. The monoisotopic (exact) mass is 237 g/mol. The summed E-state index contributed by atoms with van der Waals surface area (Å²) in [6, 6.07) is 3.81. The Hall–Kier alpha value is -0.960. The molecule has 3 heteroatoms. The lowest BCUT2D eigenvalue weighted by Crippen LogP contribution is -2.01. The lowest BCUT2D eigenvalue weighted by atomic mass is 10.1. The number of carbonyl (C=O) groups is 1. The number of halogens is 1. The standard InChI is InChI=1S/C10H8BrNO/c11-6-10(13)8-3-4-9-7(8)2-1-5-12-9/h1-3,5H,4,6H2. The fourth-order valence-electron chi connectivity index (χ4n) is 1.49. The van der Waals surface area contributed by atoms with E-state index in [0.717, 1.165) is 23.3 Å². The van der Waals surface area contributed by atoms with Crippen LogP contribution in [-0.2, 0) is 11.2 Å². The van der Waals surface area contributed by atoms with E-state index in [1.54, 1.807) is 6.20 Å². The van der Waals surface area contributed by atoms with Gasteiger partial charge >= 0.3 is 0 Å². The summed E-state index contributed by atoms with van der Waals surface area (Å²) in [4.78, 5) is 15.6. The van der Waals surface area contributed by atoms with E-state index in [0.29, 0.717) is 5.33 Å². The third-order valence-electron chi connectivity index (χ3n) is 2.10. The number of rotatable bonds is 2. The summed E-state index contributed by atoms with van der Waals surface area (Å²) in [6.07, 6.45) is 4.49. The van der Waals surface area contributed by atoms with E-state index in [1.165, 1.54) is 0 Å². The minimum absolute atomic E-state index is 0.131. The average Bonchev–Trinajstić information content (AvgIpc) is 2.60. The Morgan fingerprint density at radius 2 is 2.46 bits per heavy atom. The first-order chi connectivity index (χ1) is 6.33. The molecule has 1 aliphatic carbocycles. The third kappa shape index (κ3) is 1.44. The zero-order valence-electron chi connectivity index (χ0n) is 6.96. The molecule has 0 radical (unpaired) electrons. The first kappa shape index (κ1) is 8.63. The van der Waals surface area contributed by atoms with Crippen molar-refractivity contribution in [1.82, 2.24) is 4.98 Å². The van der Waals surface area contributed by atoms with Crippen molar-refractivity contribution in [2.24, 2.45) is 0 Å². The number of allylic oxidation sites excluding steroid dienone is 2. The molecule has 13 heavy (non-hydrogen) atoms. The molecule has 1 aromatic rings. The summed E-state index contributed by atoms with van der Waals surface area (Å²) in [7, 11) is 0. The van der Waals surface area contributed by atoms with Crippen LogP contribution in [0.4, 0.5) is 0 Å². The van der Waals surface area contributed by atoms with Gasteiger partial charge in [-0.05, 0) is 6.07 Å². The van der Waals surface area contributed by atoms with Gasteiger partial charge in [-0.3, -0.25) is 9.78 Å². The molecular weight excluding hydrogens is 230 g/mol. The van der Waals surface area contributed by atoms with E-state index in [1.807, 2.05) is 18.2 Å². The molecule has 1 aromatic heterocycles. The Kier molecular flexibility index (Phi) is 2.27. The molecule has 2 rings (SSSR count). The predicted molar refractivity (Wildman–Crippen MR) is 54.7 cm³/mol. The summed E-state index contributed by atoms with van der Waals surface area (Å²) >= 11 is 3.17. The smallest absolute Gasteiger partial charge is 0.173 e. The molecule has 0 aromatic carbocycles. The van der Waals surface area contributed by atoms with Crippen LogP contribution < -0.4 is 0 Å². The molecule has 0 saturated heterocycles. The number of nitrogens with zero attached hydrogens (tertiary/aromatic N) is 1. The van der Waals surface area contributed by atoms with Crippen LogP contribution in [-0.4, -0.2) is 16.1 Å². The molecule has 0 unspecified atom stereocenters. The van der Waals surface area contributed by atoms with E-state index >= 15 is 0 Å². The molecule has 0 N–H and O–H groups in total. The fraction of sp³-hybridized carbons (Fsp3) is 0.200. The number of carbonyl (C=O) groups excluding carboxylic acids is 1. The van der Waals surface area contributed by atoms with Gasteiger partial charge in [-0.2, -0.15) is 0 Å². The topological polar surface area (TPSA) is 30.0 Å². The maximum absolute atomic E-state index is 11.4. The minimum atomic E-state index is 0.131. The number of Topliss-reactive ketones (excluding diaryl/α,β-unsaturated/α-hetero) is 1. The minimum Gasteiger partial charge on any atom is -0.293 e. The highest BCUT2D eigenvalue weighted by molar-refractivity contribution is 9.09. The van der Waals surface area contributed by atoms with Crippen LogP contribution in [0.3, 0.4) is 0 Å². The van der Waals surface area contributed by atoms with Crippen LogP contribution in [0.5, 0.6) is 0 Å². The van der Waals surface area contributed by atoms with Crippen molar-refractivity contribution in [3.05, 3.63) is 35.7 Å². The van der Waals surface area contributed by atoms with E-state index in [2.05, 4.69) is 20.9 Å². The zero-order chi connectivity index (χ0) is 9.26. The highest BCUT2D eigenvalue weighted by Crippen LogP contribution is 2.26. The normalized spacial score (nSPS) is 13.8. The molecule has 0 saturated carbocycles. The summed E-state index contributed by atoms with van der Waals surface area (Å²) in [6.45, 7) is 0. The molecule has 0 fully saturated rings. The van der Waals surface area contributed by atoms with Crippen LogP contribution in [0.2, 0.25) is 0 Å².